The standard InChI is InChI=1S/C20H16N2O4/c23-20(22-16-7-9-21-10-8-16)15-2-4-17(5-3-15)24-12-14-1-6-18-19(11-14)26-13-25-18/h1-11H,12-13H2,(H,21,22,23). The maximum atomic E-state index is 12.2. The third-order valence-electron chi connectivity index (χ3n) is 3.90. The molecule has 0 bridgehead atoms. The maximum Gasteiger partial charge on any atom is 0.255 e. The van der Waals surface area contributed by atoms with Gasteiger partial charge in [0.25, 0.3) is 5.91 Å². The summed E-state index contributed by atoms with van der Waals surface area (Å²) in [6.07, 6.45) is 3.26. The highest BCUT2D eigenvalue weighted by Gasteiger charge is 2.13. The summed E-state index contributed by atoms with van der Waals surface area (Å²) in [5, 5.41) is 2.81. The van der Waals surface area contributed by atoms with Gasteiger partial charge in [0, 0.05) is 23.6 Å². The molecule has 0 saturated carbocycles. The van der Waals surface area contributed by atoms with E-state index in [1.807, 2.05) is 18.2 Å². The Balaban J connectivity index is 1.36. The third-order valence-corrected chi connectivity index (χ3v) is 3.90. The first-order valence-electron chi connectivity index (χ1n) is 8.11. The van der Waals surface area contributed by atoms with Crippen LogP contribution in [-0.2, 0) is 6.61 Å². The SMILES string of the molecule is O=C(Nc1ccncc1)c1ccc(OCc2ccc3c(c2)OCO3)cc1. The van der Waals surface area contributed by atoms with Crippen LogP contribution < -0.4 is 19.5 Å². The average molecular weight is 348 g/mol. The first-order chi connectivity index (χ1) is 12.8. The van der Waals surface area contributed by atoms with E-state index >= 15 is 0 Å². The molecule has 0 spiro atoms. The van der Waals surface area contributed by atoms with E-state index in [0.29, 0.717) is 23.6 Å². The topological polar surface area (TPSA) is 69.7 Å². The predicted molar refractivity (Wildman–Crippen MR) is 95.5 cm³/mol. The van der Waals surface area contributed by atoms with Crippen molar-refractivity contribution in [2.45, 2.75) is 6.61 Å². The van der Waals surface area contributed by atoms with Crippen molar-refractivity contribution in [3.63, 3.8) is 0 Å². The number of amides is 1. The van der Waals surface area contributed by atoms with Gasteiger partial charge < -0.3 is 19.5 Å². The predicted octanol–water partition coefficient (Wildman–Crippen LogP) is 3.64. The summed E-state index contributed by atoms with van der Waals surface area (Å²) in [5.74, 6) is 1.98. The molecule has 1 aliphatic rings. The Hall–Kier alpha value is -3.54. The molecule has 26 heavy (non-hydrogen) atoms. The zero-order valence-corrected chi connectivity index (χ0v) is 13.8. The summed E-state index contributed by atoms with van der Waals surface area (Å²) in [6.45, 7) is 0.655. The summed E-state index contributed by atoms with van der Waals surface area (Å²) in [6, 6.07) is 16.2. The minimum atomic E-state index is -0.182. The normalized spacial score (nSPS) is 11.8. The minimum Gasteiger partial charge on any atom is -0.489 e. The van der Waals surface area contributed by atoms with E-state index < -0.39 is 0 Å². The average Bonchev–Trinajstić information content (AvgIpc) is 3.15. The van der Waals surface area contributed by atoms with Gasteiger partial charge >= 0.3 is 0 Å². The summed E-state index contributed by atoms with van der Waals surface area (Å²) in [5.41, 5.74) is 2.24. The van der Waals surface area contributed by atoms with E-state index in [4.69, 9.17) is 14.2 Å². The van der Waals surface area contributed by atoms with Gasteiger partial charge in [0.2, 0.25) is 6.79 Å². The molecule has 1 N–H and O–H groups in total. The van der Waals surface area contributed by atoms with Crippen LogP contribution in [0.15, 0.2) is 67.0 Å². The van der Waals surface area contributed by atoms with Crippen LogP contribution in [0.1, 0.15) is 15.9 Å². The Morgan fingerprint density at radius 1 is 1.00 bits per heavy atom. The fourth-order valence-corrected chi connectivity index (χ4v) is 2.54. The van der Waals surface area contributed by atoms with Gasteiger partial charge in [0.05, 0.1) is 0 Å². The van der Waals surface area contributed by atoms with Gasteiger partial charge in [-0.05, 0) is 54.1 Å². The quantitative estimate of drug-likeness (QED) is 0.762. The van der Waals surface area contributed by atoms with E-state index in [-0.39, 0.29) is 12.7 Å². The number of benzene rings is 2. The summed E-state index contributed by atoms with van der Waals surface area (Å²) in [4.78, 5) is 16.1. The van der Waals surface area contributed by atoms with Gasteiger partial charge in [-0.25, -0.2) is 0 Å². The second kappa shape index (κ2) is 7.14. The van der Waals surface area contributed by atoms with Crippen LogP contribution in [0.5, 0.6) is 17.2 Å². The number of nitrogens with zero attached hydrogens (tertiary/aromatic N) is 1. The number of carbonyl (C=O) groups excluding carboxylic acids is 1. The van der Waals surface area contributed by atoms with E-state index in [2.05, 4.69) is 10.3 Å². The molecule has 2 aromatic carbocycles. The van der Waals surface area contributed by atoms with E-state index in [1.165, 1.54) is 0 Å². The number of aromatic nitrogens is 1. The number of hydrogen-bond donors (Lipinski definition) is 1. The first-order valence-corrected chi connectivity index (χ1v) is 8.11. The molecular formula is C20H16N2O4. The maximum absolute atomic E-state index is 12.2. The van der Waals surface area contributed by atoms with Crippen LogP contribution in [0.4, 0.5) is 5.69 Å². The zero-order chi connectivity index (χ0) is 17.8. The van der Waals surface area contributed by atoms with Crippen molar-refractivity contribution in [1.29, 1.82) is 0 Å². The number of pyridine rings is 1. The number of hydrogen-bond acceptors (Lipinski definition) is 5. The van der Waals surface area contributed by atoms with Crippen LogP contribution in [0.3, 0.4) is 0 Å². The van der Waals surface area contributed by atoms with Crippen LogP contribution in [0, 0.1) is 0 Å². The second-order valence-electron chi connectivity index (χ2n) is 5.69. The number of ether oxygens (including phenoxy) is 3. The Morgan fingerprint density at radius 3 is 2.58 bits per heavy atom. The van der Waals surface area contributed by atoms with Gasteiger partial charge in [0.15, 0.2) is 11.5 Å². The molecular weight excluding hydrogens is 332 g/mol. The molecule has 2 heterocycles. The molecule has 4 rings (SSSR count). The zero-order valence-electron chi connectivity index (χ0n) is 13.8. The lowest BCUT2D eigenvalue weighted by Crippen LogP contribution is -2.11. The van der Waals surface area contributed by atoms with Crippen molar-refractivity contribution >= 4 is 11.6 Å². The number of fused-ring (bicyclic) bond motifs is 1. The Labute approximate surface area is 150 Å². The molecule has 0 fully saturated rings. The Morgan fingerprint density at radius 2 is 1.77 bits per heavy atom. The summed E-state index contributed by atoms with van der Waals surface area (Å²) < 4.78 is 16.4. The van der Waals surface area contributed by atoms with Gasteiger partial charge in [-0.2, -0.15) is 0 Å². The van der Waals surface area contributed by atoms with Gasteiger partial charge in [0.1, 0.15) is 12.4 Å². The second-order valence-corrected chi connectivity index (χ2v) is 5.69. The van der Waals surface area contributed by atoms with Gasteiger partial charge in [-0.1, -0.05) is 6.07 Å². The van der Waals surface area contributed by atoms with Crippen molar-refractivity contribution in [3.8, 4) is 17.2 Å². The van der Waals surface area contributed by atoms with E-state index in [9.17, 15) is 4.79 Å². The summed E-state index contributed by atoms with van der Waals surface area (Å²) in [7, 11) is 0. The largest absolute Gasteiger partial charge is 0.489 e. The van der Waals surface area contributed by atoms with Crippen molar-refractivity contribution < 1.29 is 19.0 Å². The molecule has 6 heteroatoms. The number of rotatable bonds is 5. The smallest absolute Gasteiger partial charge is 0.255 e. The van der Waals surface area contributed by atoms with Crippen molar-refractivity contribution in [2.24, 2.45) is 0 Å². The fourth-order valence-electron chi connectivity index (χ4n) is 2.54. The van der Waals surface area contributed by atoms with Crippen LogP contribution in [0.25, 0.3) is 0 Å². The molecule has 3 aromatic rings. The van der Waals surface area contributed by atoms with Crippen LogP contribution >= 0.6 is 0 Å². The van der Waals surface area contributed by atoms with Gasteiger partial charge in [-0.15, -0.1) is 0 Å². The molecule has 0 radical (unpaired) electrons. The highest BCUT2D eigenvalue weighted by Crippen LogP contribution is 2.32. The fraction of sp³-hybridized carbons (Fsp3) is 0.100. The van der Waals surface area contributed by atoms with Crippen molar-refractivity contribution in [2.75, 3.05) is 12.1 Å². The molecule has 0 saturated heterocycles. The molecule has 1 amide bonds. The molecule has 130 valence electrons. The Kier molecular flexibility index (Phi) is 4.38. The first kappa shape index (κ1) is 16.0. The molecule has 0 aliphatic carbocycles. The third kappa shape index (κ3) is 3.59. The monoisotopic (exact) mass is 348 g/mol. The molecule has 1 aromatic heterocycles. The highest BCUT2D eigenvalue weighted by molar-refractivity contribution is 6.04. The highest BCUT2D eigenvalue weighted by atomic mass is 16.7. The Bertz CT molecular complexity index is 911. The lowest BCUT2D eigenvalue weighted by atomic mass is 10.2. The summed E-state index contributed by atoms with van der Waals surface area (Å²) >= 11 is 0. The molecule has 0 unspecified atom stereocenters. The molecule has 6 nitrogen and oxygen atoms in total. The lowest BCUT2D eigenvalue weighted by molar-refractivity contribution is 0.102. The lowest BCUT2D eigenvalue weighted by Gasteiger charge is -2.08. The minimum absolute atomic E-state index is 0.182. The van der Waals surface area contributed by atoms with Crippen molar-refractivity contribution in [1.82, 2.24) is 4.98 Å². The number of nitrogens with one attached hydrogen (secondary N) is 1. The number of anilines is 1. The van der Waals surface area contributed by atoms with Crippen molar-refractivity contribution in [3.05, 3.63) is 78.1 Å². The molecule has 1 aliphatic heterocycles. The van der Waals surface area contributed by atoms with E-state index in [0.717, 1.165) is 17.1 Å². The van der Waals surface area contributed by atoms with E-state index in [1.54, 1.807) is 48.8 Å². The van der Waals surface area contributed by atoms with Gasteiger partial charge in [-0.3, -0.25) is 9.78 Å². The van der Waals surface area contributed by atoms with Crippen LogP contribution in [0.2, 0.25) is 0 Å². The van der Waals surface area contributed by atoms with Crippen LogP contribution in [-0.4, -0.2) is 17.7 Å². The molecule has 0 atom stereocenters. The number of carbonyl (C=O) groups is 1.